The van der Waals surface area contributed by atoms with Crippen molar-refractivity contribution in [2.45, 2.75) is 69.4 Å². The first-order chi connectivity index (χ1) is 19.2. The number of aryl methyl sites for hydroxylation is 1. The van der Waals surface area contributed by atoms with Gasteiger partial charge in [-0.1, -0.05) is 6.07 Å². The molecule has 0 aliphatic carbocycles. The maximum atomic E-state index is 14.0. The molecule has 6 nitrogen and oxygen atoms in total. The van der Waals surface area contributed by atoms with Gasteiger partial charge in [0.15, 0.2) is 0 Å². The topological polar surface area (TPSA) is 70.2 Å². The molecule has 2 aromatic carbocycles. The third kappa shape index (κ3) is 5.96. The van der Waals surface area contributed by atoms with Crippen LogP contribution >= 0.6 is 0 Å². The van der Waals surface area contributed by atoms with Gasteiger partial charge >= 0.3 is 12.4 Å². The second-order valence-electron chi connectivity index (χ2n) is 10.5. The van der Waals surface area contributed by atoms with Crippen molar-refractivity contribution < 1.29 is 40.3 Å². The van der Waals surface area contributed by atoms with Gasteiger partial charge in [-0.15, -0.1) is 0 Å². The maximum Gasteiger partial charge on any atom is 0.416 e. The zero-order valence-electron chi connectivity index (χ0n) is 22.0. The highest BCUT2D eigenvalue weighted by Gasteiger charge is 2.54. The van der Waals surface area contributed by atoms with Crippen molar-refractivity contribution in [3.63, 3.8) is 0 Å². The highest BCUT2D eigenvalue weighted by molar-refractivity contribution is 5.81. The van der Waals surface area contributed by atoms with Crippen molar-refractivity contribution in [1.29, 1.82) is 0 Å². The van der Waals surface area contributed by atoms with Crippen LogP contribution < -0.4 is 5.32 Å². The number of amides is 1. The molecule has 5 rings (SSSR count). The summed E-state index contributed by atoms with van der Waals surface area (Å²) in [6.07, 6.45) is -8.44. The van der Waals surface area contributed by atoms with Crippen LogP contribution in [0.25, 0.3) is 0 Å². The van der Waals surface area contributed by atoms with Crippen molar-refractivity contribution >= 4 is 5.91 Å². The number of fused-ring (bicyclic) bond motifs is 1. The molecule has 2 aliphatic rings. The van der Waals surface area contributed by atoms with Crippen LogP contribution in [0.15, 0.2) is 48.8 Å². The molecule has 0 bridgehead atoms. The number of benzene rings is 2. The Labute approximate surface area is 230 Å². The molecule has 0 saturated carbocycles. The van der Waals surface area contributed by atoms with Crippen molar-refractivity contribution in [3.05, 3.63) is 88.0 Å². The van der Waals surface area contributed by atoms with Crippen LogP contribution in [0.4, 0.5) is 30.7 Å². The zero-order valence-corrected chi connectivity index (χ0v) is 22.0. The molecule has 0 radical (unpaired) electrons. The third-order valence-corrected chi connectivity index (χ3v) is 7.80. The number of hydrogen-bond acceptors (Lipinski definition) is 4. The summed E-state index contributed by atoms with van der Waals surface area (Å²) in [6, 6.07) is 4.78. The Hall–Kier alpha value is -3.45. The standard InChI is InChI=1S/C28H27F7N4O2/c1-14-5-20(29)3-4-21(14)25-23(13-39-24(40)9-22(26(25)39)36-10-16-11-37-38-12-16)41-15(2)17-6-18(27(30,31)32)8-19(7-17)28(33,34)35/h3-8,11-12,15,22-23,25-26,36H,9-10,13H2,1-2H3,(H,37,38)/t15-,22-,23+,25-,26?/m1/s1. The Morgan fingerprint density at radius 2 is 1.78 bits per heavy atom. The quantitative estimate of drug-likeness (QED) is 0.340. The summed E-state index contributed by atoms with van der Waals surface area (Å²) in [7, 11) is 0. The lowest BCUT2D eigenvalue weighted by atomic mass is 9.84. The van der Waals surface area contributed by atoms with Crippen LogP contribution in [0.3, 0.4) is 0 Å². The third-order valence-electron chi connectivity index (χ3n) is 7.80. The van der Waals surface area contributed by atoms with Gasteiger partial charge in [0.2, 0.25) is 5.91 Å². The minimum Gasteiger partial charge on any atom is -0.368 e. The largest absolute Gasteiger partial charge is 0.416 e. The van der Waals surface area contributed by atoms with Gasteiger partial charge in [0, 0.05) is 43.2 Å². The Morgan fingerprint density at radius 1 is 1.10 bits per heavy atom. The van der Waals surface area contributed by atoms with Crippen LogP contribution in [0.5, 0.6) is 0 Å². The molecule has 3 aromatic rings. The molecule has 1 unspecified atom stereocenters. The number of nitrogens with zero attached hydrogens (tertiary/aromatic N) is 2. The number of carbonyl (C=O) groups is 1. The average Bonchev–Trinajstić information content (AvgIpc) is 3.60. The number of nitrogens with one attached hydrogen (secondary N) is 2. The van der Waals surface area contributed by atoms with Gasteiger partial charge in [-0.05, 0) is 60.9 Å². The Balaban J connectivity index is 1.48. The number of alkyl halides is 6. The summed E-state index contributed by atoms with van der Waals surface area (Å²) in [6.45, 7) is 3.56. The van der Waals surface area contributed by atoms with Crippen molar-refractivity contribution in [2.75, 3.05) is 6.54 Å². The van der Waals surface area contributed by atoms with Gasteiger partial charge in [-0.2, -0.15) is 31.4 Å². The molecule has 2 N–H and O–H groups in total. The van der Waals surface area contributed by atoms with Gasteiger partial charge in [-0.25, -0.2) is 4.39 Å². The van der Waals surface area contributed by atoms with E-state index in [0.717, 1.165) is 5.56 Å². The number of rotatable bonds is 7. The lowest BCUT2D eigenvalue weighted by molar-refractivity contribution is -0.143. The number of aromatic amines is 1. The molecule has 2 fully saturated rings. The van der Waals surface area contributed by atoms with Crippen LogP contribution in [-0.4, -0.2) is 45.7 Å². The fourth-order valence-corrected chi connectivity index (χ4v) is 5.90. The van der Waals surface area contributed by atoms with E-state index >= 15 is 0 Å². The zero-order chi connectivity index (χ0) is 29.7. The summed E-state index contributed by atoms with van der Waals surface area (Å²) in [5.41, 5.74) is -1.04. The van der Waals surface area contributed by atoms with E-state index in [9.17, 15) is 35.5 Å². The number of hydrogen-bond donors (Lipinski definition) is 2. The molecule has 2 aliphatic heterocycles. The monoisotopic (exact) mass is 584 g/mol. The summed E-state index contributed by atoms with van der Waals surface area (Å²) in [5, 5.41) is 9.99. The molecule has 0 spiro atoms. The normalized spacial score (nSPS) is 23.7. The van der Waals surface area contributed by atoms with Crippen molar-refractivity contribution in [3.8, 4) is 0 Å². The number of H-pyrrole nitrogens is 1. The first kappa shape index (κ1) is 29.1. The van der Waals surface area contributed by atoms with Crippen LogP contribution in [0.1, 0.15) is 58.7 Å². The second-order valence-corrected chi connectivity index (χ2v) is 10.5. The molecule has 1 amide bonds. The van der Waals surface area contributed by atoms with E-state index in [2.05, 4.69) is 15.5 Å². The van der Waals surface area contributed by atoms with Gasteiger partial charge in [0.25, 0.3) is 0 Å². The van der Waals surface area contributed by atoms with Crippen molar-refractivity contribution in [2.24, 2.45) is 0 Å². The van der Waals surface area contributed by atoms with Gasteiger partial charge < -0.3 is 15.0 Å². The van der Waals surface area contributed by atoms with E-state index in [0.29, 0.717) is 29.8 Å². The summed E-state index contributed by atoms with van der Waals surface area (Å²) >= 11 is 0. The molecular weight excluding hydrogens is 557 g/mol. The number of carbonyl (C=O) groups excluding carboxylic acids is 1. The van der Waals surface area contributed by atoms with Crippen LogP contribution in [0.2, 0.25) is 0 Å². The molecular formula is C28H27F7N4O2. The van der Waals surface area contributed by atoms with Crippen molar-refractivity contribution in [1.82, 2.24) is 20.4 Å². The minimum absolute atomic E-state index is 0.0709. The number of ether oxygens (including phenoxy) is 1. The van der Waals surface area contributed by atoms with Gasteiger partial charge in [0.1, 0.15) is 5.82 Å². The van der Waals surface area contributed by atoms with E-state index in [1.54, 1.807) is 30.3 Å². The summed E-state index contributed by atoms with van der Waals surface area (Å²) in [4.78, 5) is 14.7. The Bertz CT molecular complexity index is 1380. The smallest absolute Gasteiger partial charge is 0.368 e. The molecule has 13 heteroatoms. The number of aromatic nitrogens is 2. The second kappa shape index (κ2) is 10.8. The molecule has 3 heterocycles. The Kier molecular flexibility index (Phi) is 7.62. The first-order valence-corrected chi connectivity index (χ1v) is 12.9. The molecule has 220 valence electrons. The fraction of sp³-hybridized carbons (Fsp3) is 0.429. The first-order valence-electron chi connectivity index (χ1n) is 12.9. The van der Waals surface area contributed by atoms with E-state index in [1.807, 2.05) is 0 Å². The highest BCUT2D eigenvalue weighted by atomic mass is 19.4. The average molecular weight is 585 g/mol. The summed E-state index contributed by atoms with van der Waals surface area (Å²) in [5.74, 6) is -1.16. The molecule has 2 saturated heterocycles. The predicted octanol–water partition coefficient (Wildman–Crippen LogP) is 5.90. The maximum absolute atomic E-state index is 14.0. The van der Waals surface area contributed by atoms with E-state index < -0.39 is 53.5 Å². The highest BCUT2D eigenvalue weighted by Crippen LogP contribution is 2.45. The minimum atomic E-state index is -5.00. The molecule has 5 atom stereocenters. The van der Waals surface area contributed by atoms with Crippen LogP contribution in [0, 0.1) is 12.7 Å². The fourth-order valence-electron chi connectivity index (χ4n) is 5.90. The molecule has 1 aromatic heterocycles. The van der Waals surface area contributed by atoms with E-state index in [4.69, 9.17) is 4.74 Å². The SMILES string of the molecule is Cc1cc(F)ccc1[C@H]1C2[C@H](NCc3cn[nH]c3)CC(=O)N2C[C@@H]1O[C@H](C)c1cc(C(F)(F)F)cc(C(F)(F)F)c1. The van der Waals surface area contributed by atoms with E-state index in [1.165, 1.54) is 19.1 Å². The number of halogens is 7. The van der Waals surface area contributed by atoms with Gasteiger partial charge in [-0.3, -0.25) is 9.89 Å². The van der Waals surface area contributed by atoms with Crippen LogP contribution in [-0.2, 0) is 28.4 Å². The molecule has 41 heavy (non-hydrogen) atoms. The van der Waals surface area contributed by atoms with Gasteiger partial charge in [0.05, 0.1) is 35.6 Å². The Morgan fingerprint density at radius 3 is 2.37 bits per heavy atom. The predicted molar refractivity (Wildman–Crippen MR) is 133 cm³/mol. The summed E-state index contributed by atoms with van der Waals surface area (Å²) < 4.78 is 101. The lowest BCUT2D eigenvalue weighted by Gasteiger charge is -2.31. The van der Waals surface area contributed by atoms with E-state index in [-0.39, 0.29) is 36.5 Å². The lowest BCUT2D eigenvalue weighted by Crippen LogP contribution is -2.42.